The monoisotopic (exact) mass is 260 g/mol. The second-order valence-corrected chi connectivity index (χ2v) is 3.76. The predicted octanol–water partition coefficient (Wildman–Crippen LogP) is 1.31. The van der Waals surface area contributed by atoms with Crippen molar-refractivity contribution < 1.29 is 14.3 Å². The van der Waals surface area contributed by atoms with Crippen LogP contribution in [0.1, 0.15) is 5.56 Å². The van der Waals surface area contributed by atoms with Crippen LogP contribution in [-0.2, 0) is 6.42 Å². The number of hydrogen-bond acceptors (Lipinski definition) is 2. The van der Waals surface area contributed by atoms with Crippen molar-refractivity contribution >= 4 is 17.6 Å². The summed E-state index contributed by atoms with van der Waals surface area (Å²) in [6.45, 7) is 0.344. The van der Waals surface area contributed by atoms with Crippen LogP contribution < -0.4 is 10.6 Å². The van der Waals surface area contributed by atoms with Crippen LogP contribution in [0.15, 0.2) is 18.2 Å². The summed E-state index contributed by atoms with van der Waals surface area (Å²) in [6.07, 6.45) is 0.318. The van der Waals surface area contributed by atoms with E-state index in [2.05, 4.69) is 10.6 Å². The van der Waals surface area contributed by atoms with Crippen LogP contribution in [0.3, 0.4) is 0 Å². The van der Waals surface area contributed by atoms with Gasteiger partial charge in [-0.05, 0) is 18.6 Å². The second kappa shape index (κ2) is 7.09. The molecule has 1 rings (SSSR count). The third kappa shape index (κ3) is 4.58. The average Bonchev–Trinajstić information content (AvgIpc) is 2.30. The third-order valence-electron chi connectivity index (χ3n) is 2.12. The zero-order valence-corrected chi connectivity index (χ0v) is 9.93. The number of aliphatic hydroxyl groups is 1. The van der Waals surface area contributed by atoms with Crippen LogP contribution in [0.25, 0.3) is 0 Å². The molecule has 0 atom stereocenters. The molecule has 0 saturated heterocycles. The molecule has 0 unspecified atom stereocenters. The summed E-state index contributed by atoms with van der Waals surface area (Å²) in [7, 11) is 0. The lowest BCUT2D eigenvalue weighted by atomic mass is 10.1. The fourth-order valence-corrected chi connectivity index (χ4v) is 1.56. The first-order chi connectivity index (χ1) is 8.15. The maximum Gasteiger partial charge on any atom is 0.314 e. The Morgan fingerprint density at radius 1 is 1.35 bits per heavy atom. The Labute approximate surface area is 104 Å². The quantitative estimate of drug-likeness (QED) is 0.748. The Balaban J connectivity index is 2.38. The molecule has 17 heavy (non-hydrogen) atoms. The number of rotatable bonds is 5. The van der Waals surface area contributed by atoms with Crippen molar-refractivity contribution in [2.45, 2.75) is 6.42 Å². The van der Waals surface area contributed by atoms with Crippen LogP contribution in [0.5, 0.6) is 0 Å². The van der Waals surface area contributed by atoms with Gasteiger partial charge in [-0.15, -0.1) is 0 Å². The first kappa shape index (κ1) is 13.7. The smallest absolute Gasteiger partial charge is 0.314 e. The summed E-state index contributed by atoms with van der Waals surface area (Å²) in [5.74, 6) is -0.380. The Hall–Kier alpha value is -1.33. The Kier molecular flexibility index (Phi) is 5.72. The van der Waals surface area contributed by atoms with E-state index in [4.69, 9.17) is 16.7 Å². The number of halogens is 2. The van der Waals surface area contributed by atoms with Gasteiger partial charge in [0.25, 0.3) is 0 Å². The SMILES string of the molecule is O=C(NCCO)NCCc1c(F)cccc1Cl. The highest BCUT2D eigenvalue weighted by atomic mass is 35.5. The van der Waals surface area contributed by atoms with E-state index in [1.807, 2.05) is 0 Å². The molecule has 0 aliphatic carbocycles. The van der Waals surface area contributed by atoms with Crippen LogP contribution in [0.4, 0.5) is 9.18 Å². The normalized spacial score (nSPS) is 10.1. The van der Waals surface area contributed by atoms with Gasteiger partial charge < -0.3 is 15.7 Å². The molecule has 0 saturated carbocycles. The number of carbonyl (C=O) groups is 1. The molecule has 6 heteroatoms. The van der Waals surface area contributed by atoms with Gasteiger partial charge in [-0.25, -0.2) is 9.18 Å². The van der Waals surface area contributed by atoms with E-state index in [-0.39, 0.29) is 25.5 Å². The van der Waals surface area contributed by atoms with Gasteiger partial charge in [-0.3, -0.25) is 0 Å². The lowest BCUT2D eigenvalue weighted by molar-refractivity contribution is 0.234. The van der Waals surface area contributed by atoms with Crippen molar-refractivity contribution in [3.63, 3.8) is 0 Å². The van der Waals surface area contributed by atoms with Crippen LogP contribution in [-0.4, -0.2) is 30.8 Å². The maximum absolute atomic E-state index is 13.3. The Morgan fingerprint density at radius 3 is 2.71 bits per heavy atom. The molecule has 0 aromatic heterocycles. The molecule has 0 aliphatic heterocycles. The van der Waals surface area contributed by atoms with Gasteiger partial charge in [0.1, 0.15) is 5.82 Å². The molecule has 3 N–H and O–H groups in total. The van der Waals surface area contributed by atoms with E-state index in [9.17, 15) is 9.18 Å². The van der Waals surface area contributed by atoms with Crippen molar-refractivity contribution in [3.05, 3.63) is 34.6 Å². The topological polar surface area (TPSA) is 61.4 Å². The molecule has 0 aliphatic rings. The van der Waals surface area contributed by atoms with Gasteiger partial charge in [0.05, 0.1) is 6.61 Å². The highest BCUT2D eigenvalue weighted by molar-refractivity contribution is 6.31. The minimum atomic E-state index is -0.397. The minimum Gasteiger partial charge on any atom is -0.395 e. The predicted molar refractivity (Wildman–Crippen MR) is 63.6 cm³/mol. The first-order valence-corrected chi connectivity index (χ1v) is 5.58. The minimum absolute atomic E-state index is 0.118. The van der Waals surface area contributed by atoms with Gasteiger partial charge in [0.2, 0.25) is 0 Å². The molecule has 4 nitrogen and oxygen atoms in total. The largest absolute Gasteiger partial charge is 0.395 e. The molecule has 94 valence electrons. The summed E-state index contributed by atoms with van der Waals surface area (Å²) < 4.78 is 13.3. The number of aliphatic hydroxyl groups excluding tert-OH is 1. The molecule has 0 spiro atoms. The first-order valence-electron chi connectivity index (χ1n) is 5.20. The molecule has 0 fully saturated rings. The summed E-state index contributed by atoms with van der Waals surface area (Å²) in [6, 6.07) is 4.06. The fraction of sp³-hybridized carbons (Fsp3) is 0.364. The van der Waals surface area contributed by atoms with Crippen molar-refractivity contribution in [1.82, 2.24) is 10.6 Å². The summed E-state index contributed by atoms with van der Waals surface area (Å²) in [5.41, 5.74) is 0.386. The highest BCUT2D eigenvalue weighted by Gasteiger charge is 2.07. The van der Waals surface area contributed by atoms with E-state index in [1.165, 1.54) is 12.1 Å². The fourth-order valence-electron chi connectivity index (χ4n) is 1.30. The van der Waals surface area contributed by atoms with Gasteiger partial charge in [0.15, 0.2) is 0 Å². The Bertz CT molecular complexity index is 367. The standard InChI is InChI=1S/C11H14ClFN2O2/c12-9-2-1-3-10(13)8(9)4-5-14-11(17)15-6-7-16/h1-3,16H,4-7H2,(H2,14,15,17). The Morgan fingerprint density at radius 2 is 2.06 bits per heavy atom. The summed E-state index contributed by atoms with van der Waals surface area (Å²) >= 11 is 5.83. The maximum atomic E-state index is 13.3. The molecule has 2 amide bonds. The zero-order chi connectivity index (χ0) is 12.7. The van der Waals surface area contributed by atoms with Gasteiger partial charge in [-0.1, -0.05) is 17.7 Å². The van der Waals surface area contributed by atoms with E-state index in [0.717, 1.165) is 0 Å². The molecular formula is C11H14ClFN2O2. The zero-order valence-electron chi connectivity index (χ0n) is 9.17. The van der Waals surface area contributed by atoms with E-state index in [1.54, 1.807) is 6.07 Å². The van der Waals surface area contributed by atoms with E-state index < -0.39 is 6.03 Å². The van der Waals surface area contributed by atoms with Crippen LogP contribution in [0, 0.1) is 5.82 Å². The molecule has 0 bridgehead atoms. The lowest BCUT2D eigenvalue weighted by Crippen LogP contribution is -2.38. The number of benzene rings is 1. The third-order valence-corrected chi connectivity index (χ3v) is 2.47. The summed E-state index contributed by atoms with van der Waals surface area (Å²) in [4.78, 5) is 11.1. The van der Waals surface area contributed by atoms with Gasteiger partial charge >= 0.3 is 6.03 Å². The van der Waals surface area contributed by atoms with Crippen LogP contribution in [0.2, 0.25) is 5.02 Å². The van der Waals surface area contributed by atoms with E-state index >= 15 is 0 Å². The molecule has 1 aromatic rings. The van der Waals surface area contributed by atoms with Crippen molar-refractivity contribution in [2.24, 2.45) is 0 Å². The molecule has 0 heterocycles. The number of urea groups is 1. The van der Waals surface area contributed by atoms with Crippen molar-refractivity contribution in [2.75, 3.05) is 19.7 Å². The van der Waals surface area contributed by atoms with Gasteiger partial charge in [-0.2, -0.15) is 0 Å². The molecular weight excluding hydrogens is 247 g/mol. The number of carbonyl (C=O) groups excluding carboxylic acids is 1. The lowest BCUT2D eigenvalue weighted by Gasteiger charge is -2.08. The number of amides is 2. The molecule has 0 radical (unpaired) electrons. The summed E-state index contributed by atoms with van der Waals surface area (Å²) in [5, 5.41) is 13.8. The average molecular weight is 261 g/mol. The second-order valence-electron chi connectivity index (χ2n) is 3.36. The van der Waals surface area contributed by atoms with Crippen molar-refractivity contribution in [1.29, 1.82) is 0 Å². The van der Waals surface area contributed by atoms with E-state index in [0.29, 0.717) is 17.0 Å². The highest BCUT2D eigenvalue weighted by Crippen LogP contribution is 2.18. The van der Waals surface area contributed by atoms with Gasteiger partial charge in [0, 0.05) is 23.7 Å². The number of nitrogens with one attached hydrogen (secondary N) is 2. The number of hydrogen-bond donors (Lipinski definition) is 3. The van der Waals surface area contributed by atoms with Crippen molar-refractivity contribution in [3.8, 4) is 0 Å². The van der Waals surface area contributed by atoms with Crippen LogP contribution >= 0.6 is 11.6 Å². The molecule has 1 aromatic carbocycles.